The molecule has 0 amide bonds. The first kappa shape index (κ1) is 25.5. The fourth-order valence-electron chi connectivity index (χ4n) is 2.98. The standard InChI is InChI=1S/C20H18F6N4S3/c1-10(28-32-27-3)17(18-11(2)29-33(4)30-18)16-6-5-15(31-16)12-7-13(19(21,22)23)9-14(8-12)20(24,25)26/h5-9,27-28H,2H2,1,3-4H3. The molecule has 2 aromatic rings. The third-order valence-electron chi connectivity index (χ3n) is 4.38. The Bertz CT molecular complexity index is 1140. The Balaban J connectivity index is 2.13. The van der Waals surface area contributed by atoms with Crippen LogP contribution < -0.4 is 9.44 Å². The summed E-state index contributed by atoms with van der Waals surface area (Å²) in [5.74, 6) is 0. The summed E-state index contributed by atoms with van der Waals surface area (Å²) in [5, 5.41) is 0. The van der Waals surface area contributed by atoms with Crippen molar-refractivity contribution in [3.8, 4) is 10.4 Å². The van der Waals surface area contributed by atoms with Gasteiger partial charge in [0.2, 0.25) is 0 Å². The molecule has 13 heteroatoms. The third-order valence-corrected chi connectivity index (χ3v) is 7.08. The maximum Gasteiger partial charge on any atom is 0.416 e. The molecule has 1 aromatic carbocycles. The summed E-state index contributed by atoms with van der Waals surface area (Å²) in [6.07, 6.45) is -8.02. The second kappa shape index (κ2) is 9.65. The SMILES string of the molecule is C=C1N=S(C)N=C1C(=C(C)NSNC)c1ccc(-c2cc(C(F)(F)F)cc(C(F)(F)F)c2)s1. The molecule has 0 saturated carbocycles. The van der Waals surface area contributed by atoms with Gasteiger partial charge in [-0.25, -0.2) is 13.5 Å². The fraction of sp³-hybridized carbons (Fsp3) is 0.250. The normalized spacial score (nSPS) is 17.5. The lowest BCUT2D eigenvalue weighted by molar-refractivity contribution is -0.143. The van der Waals surface area contributed by atoms with E-state index >= 15 is 0 Å². The van der Waals surface area contributed by atoms with Crippen LogP contribution in [-0.2, 0) is 23.2 Å². The Morgan fingerprint density at radius 1 is 1.06 bits per heavy atom. The first-order valence-corrected chi connectivity index (χ1v) is 12.3. The number of hydrogen-bond donors (Lipinski definition) is 2. The molecular formula is C20H18F6N4S3. The second-order valence-corrected chi connectivity index (χ2v) is 9.95. The van der Waals surface area contributed by atoms with Gasteiger partial charge in [0.15, 0.2) is 0 Å². The van der Waals surface area contributed by atoms with Gasteiger partial charge >= 0.3 is 12.4 Å². The zero-order valence-electron chi connectivity index (χ0n) is 17.5. The number of hydrogen-bond acceptors (Lipinski definition) is 6. The van der Waals surface area contributed by atoms with Crippen LogP contribution in [0.15, 0.2) is 57.1 Å². The number of nitrogens with one attached hydrogen (secondary N) is 2. The smallest absolute Gasteiger partial charge is 0.320 e. The molecule has 0 saturated heterocycles. The zero-order chi connectivity index (χ0) is 24.6. The highest BCUT2D eigenvalue weighted by atomic mass is 32.2. The minimum absolute atomic E-state index is 0.119. The molecule has 4 nitrogen and oxygen atoms in total. The Kier molecular flexibility index (Phi) is 7.46. The summed E-state index contributed by atoms with van der Waals surface area (Å²) in [5.41, 5.74) is -0.599. The summed E-state index contributed by atoms with van der Waals surface area (Å²) in [7, 11) is 1.09. The zero-order valence-corrected chi connectivity index (χ0v) is 19.9. The predicted octanol–water partition coefficient (Wildman–Crippen LogP) is 6.87. The van der Waals surface area contributed by atoms with Gasteiger partial charge in [-0.05, 0) is 49.9 Å². The molecule has 0 fully saturated rings. The average Bonchev–Trinajstić information content (AvgIpc) is 3.32. The highest BCUT2D eigenvalue weighted by molar-refractivity contribution is 7.95. The van der Waals surface area contributed by atoms with Gasteiger partial charge in [0.05, 0.1) is 16.8 Å². The van der Waals surface area contributed by atoms with Crippen LogP contribution in [0, 0.1) is 0 Å². The average molecular weight is 525 g/mol. The first-order valence-electron chi connectivity index (χ1n) is 9.17. The quantitative estimate of drug-likeness (QED) is 0.320. The molecule has 2 heterocycles. The van der Waals surface area contributed by atoms with Crippen LogP contribution >= 0.6 is 23.5 Å². The van der Waals surface area contributed by atoms with Crippen molar-refractivity contribution >= 4 is 45.6 Å². The van der Waals surface area contributed by atoms with E-state index in [1.54, 1.807) is 20.0 Å². The van der Waals surface area contributed by atoms with Crippen molar-refractivity contribution in [1.82, 2.24) is 9.44 Å². The van der Waals surface area contributed by atoms with Crippen molar-refractivity contribution in [2.24, 2.45) is 8.76 Å². The van der Waals surface area contributed by atoms with E-state index in [-0.39, 0.29) is 16.5 Å². The summed E-state index contributed by atoms with van der Waals surface area (Å²) >= 11 is 2.26. The molecule has 33 heavy (non-hydrogen) atoms. The fourth-order valence-corrected chi connectivity index (χ4v) is 5.34. The maximum absolute atomic E-state index is 13.3. The van der Waals surface area contributed by atoms with Crippen LogP contribution in [0.2, 0.25) is 0 Å². The van der Waals surface area contributed by atoms with E-state index in [9.17, 15) is 26.3 Å². The Morgan fingerprint density at radius 3 is 2.15 bits per heavy atom. The largest absolute Gasteiger partial charge is 0.416 e. The van der Waals surface area contributed by atoms with E-state index in [2.05, 4.69) is 24.8 Å². The van der Waals surface area contributed by atoms with Crippen molar-refractivity contribution in [3.05, 3.63) is 64.3 Å². The van der Waals surface area contributed by atoms with Gasteiger partial charge in [-0.1, -0.05) is 6.58 Å². The number of halogens is 6. The lowest BCUT2D eigenvalue weighted by Crippen LogP contribution is -2.13. The van der Waals surface area contributed by atoms with Crippen LogP contribution in [0.1, 0.15) is 22.9 Å². The Morgan fingerprint density at radius 2 is 1.67 bits per heavy atom. The molecule has 3 rings (SSSR count). The van der Waals surface area contributed by atoms with Crippen molar-refractivity contribution in [2.75, 3.05) is 13.3 Å². The van der Waals surface area contributed by atoms with Crippen LogP contribution in [0.5, 0.6) is 0 Å². The van der Waals surface area contributed by atoms with Gasteiger partial charge < -0.3 is 4.72 Å². The summed E-state index contributed by atoms with van der Waals surface area (Å²) < 4.78 is 94.4. The first-order chi connectivity index (χ1) is 15.3. The number of nitrogens with zero attached hydrogens (tertiary/aromatic N) is 2. The van der Waals surface area contributed by atoms with E-state index in [1.165, 1.54) is 18.2 Å². The van der Waals surface area contributed by atoms with E-state index in [0.717, 1.165) is 23.5 Å². The number of allylic oxidation sites excluding steroid dienone is 2. The van der Waals surface area contributed by atoms with Crippen molar-refractivity contribution in [3.63, 3.8) is 0 Å². The number of alkyl halides is 6. The van der Waals surface area contributed by atoms with Crippen molar-refractivity contribution in [1.29, 1.82) is 0 Å². The van der Waals surface area contributed by atoms with Crippen LogP contribution in [0.3, 0.4) is 0 Å². The third kappa shape index (κ3) is 5.89. The molecule has 0 bridgehead atoms. The molecule has 178 valence electrons. The maximum atomic E-state index is 13.3. The minimum atomic E-state index is -4.92. The second-order valence-electron chi connectivity index (χ2n) is 6.79. The predicted molar refractivity (Wildman–Crippen MR) is 124 cm³/mol. The molecule has 0 radical (unpaired) electrons. The van der Waals surface area contributed by atoms with Crippen LogP contribution in [0.4, 0.5) is 26.3 Å². The molecule has 0 spiro atoms. The number of thiophene rings is 1. The molecule has 1 unspecified atom stereocenters. The van der Waals surface area contributed by atoms with Gasteiger partial charge in [0.25, 0.3) is 0 Å². The van der Waals surface area contributed by atoms with E-state index in [1.807, 2.05) is 6.26 Å². The summed E-state index contributed by atoms with van der Waals surface area (Å²) in [6, 6.07) is 4.70. The molecule has 1 aliphatic rings. The number of rotatable bonds is 6. The van der Waals surface area contributed by atoms with Gasteiger partial charge in [0, 0.05) is 50.3 Å². The lowest BCUT2D eigenvalue weighted by atomic mass is 10.0. The molecule has 2 N–H and O–H groups in total. The Labute approximate surface area is 197 Å². The minimum Gasteiger partial charge on any atom is -0.320 e. The van der Waals surface area contributed by atoms with Gasteiger partial charge in [-0.3, -0.25) is 0 Å². The van der Waals surface area contributed by atoms with E-state index in [4.69, 9.17) is 0 Å². The van der Waals surface area contributed by atoms with Crippen LogP contribution in [-0.4, -0.2) is 19.0 Å². The Hall–Kier alpha value is -2.09. The lowest BCUT2D eigenvalue weighted by Gasteiger charge is -2.14. The highest BCUT2D eigenvalue weighted by Crippen LogP contribution is 2.41. The van der Waals surface area contributed by atoms with Crippen LogP contribution in [0.25, 0.3) is 16.0 Å². The van der Waals surface area contributed by atoms with E-state index in [0.29, 0.717) is 27.6 Å². The molecule has 1 aromatic heterocycles. The summed E-state index contributed by atoms with van der Waals surface area (Å²) in [6.45, 7) is 5.70. The highest BCUT2D eigenvalue weighted by Gasteiger charge is 2.37. The summed E-state index contributed by atoms with van der Waals surface area (Å²) in [4.78, 5) is 0.858. The number of benzene rings is 1. The molecule has 0 aliphatic carbocycles. The van der Waals surface area contributed by atoms with Crippen molar-refractivity contribution < 1.29 is 26.3 Å². The molecular weight excluding hydrogens is 506 g/mol. The van der Waals surface area contributed by atoms with Gasteiger partial charge in [0.1, 0.15) is 5.71 Å². The molecule has 1 atom stereocenters. The molecule has 1 aliphatic heterocycles. The van der Waals surface area contributed by atoms with Crippen molar-refractivity contribution in [2.45, 2.75) is 19.3 Å². The topological polar surface area (TPSA) is 48.8 Å². The van der Waals surface area contributed by atoms with Gasteiger partial charge in [-0.15, -0.1) is 11.3 Å². The van der Waals surface area contributed by atoms with Gasteiger partial charge in [-0.2, -0.15) is 26.3 Å². The monoisotopic (exact) mass is 524 g/mol. The van der Waals surface area contributed by atoms with E-state index < -0.39 is 34.4 Å².